The van der Waals surface area contributed by atoms with Gasteiger partial charge in [0.1, 0.15) is 0 Å². The van der Waals surface area contributed by atoms with Crippen molar-refractivity contribution in [3.8, 4) is 11.3 Å². The third-order valence-electron chi connectivity index (χ3n) is 5.53. The summed E-state index contributed by atoms with van der Waals surface area (Å²) in [4.78, 5) is 36.7. The highest BCUT2D eigenvalue weighted by molar-refractivity contribution is 5.94. The fourth-order valence-electron chi connectivity index (χ4n) is 3.62. The molecule has 8 nitrogen and oxygen atoms in total. The molecule has 8 heteroatoms. The number of amides is 2. The van der Waals surface area contributed by atoms with E-state index in [0.29, 0.717) is 37.7 Å². The number of piperazine rings is 1. The molecule has 1 fully saturated rings. The standard InChI is InChI=1S/C24H26N6O2/c1-17(31)29-13-15-30(16-14-29)23(32)19-5-9-21(10-6-19)27-24-26-12-11-22(28-24)18-3-7-20(25-2)8-4-18/h3-12,25H,13-16H2,1-2H3,(H,26,27,28). The molecule has 32 heavy (non-hydrogen) atoms. The van der Waals surface area contributed by atoms with Crippen LogP contribution < -0.4 is 10.6 Å². The van der Waals surface area contributed by atoms with Gasteiger partial charge in [0.25, 0.3) is 5.91 Å². The molecule has 2 aromatic carbocycles. The van der Waals surface area contributed by atoms with Gasteiger partial charge in [-0.3, -0.25) is 9.59 Å². The van der Waals surface area contributed by atoms with E-state index in [1.807, 2.05) is 49.5 Å². The Balaban J connectivity index is 1.40. The van der Waals surface area contributed by atoms with Crippen molar-refractivity contribution in [3.63, 3.8) is 0 Å². The maximum Gasteiger partial charge on any atom is 0.253 e. The summed E-state index contributed by atoms with van der Waals surface area (Å²) in [7, 11) is 1.88. The average Bonchev–Trinajstić information content (AvgIpc) is 2.84. The van der Waals surface area contributed by atoms with Gasteiger partial charge in [-0.1, -0.05) is 12.1 Å². The molecule has 2 amide bonds. The molecule has 1 aliphatic heterocycles. The number of hydrogen-bond acceptors (Lipinski definition) is 6. The molecule has 0 aliphatic carbocycles. The highest BCUT2D eigenvalue weighted by Crippen LogP contribution is 2.22. The number of carbonyl (C=O) groups is 2. The zero-order chi connectivity index (χ0) is 22.5. The number of nitrogens with zero attached hydrogens (tertiary/aromatic N) is 4. The number of nitrogens with one attached hydrogen (secondary N) is 2. The van der Waals surface area contributed by atoms with Gasteiger partial charge in [0.05, 0.1) is 5.69 Å². The first-order valence-electron chi connectivity index (χ1n) is 10.6. The molecule has 0 radical (unpaired) electrons. The van der Waals surface area contributed by atoms with E-state index >= 15 is 0 Å². The molecule has 164 valence electrons. The van der Waals surface area contributed by atoms with Crippen LogP contribution >= 0.6 is 0 Å². The second kappa shape index (κ2) is 9.47. The Morgan fingerprint density at radius 2 is 1.47 bits per heavy atom. The van der Waals surface area contributed by atoms with Crippen molar-refractivity contribution >= 4 is 29.1 Å². The van der Waals surface area contributed by atoms with Gasteiger partial charge in [-0.15, -0.1) is 0 Å². The zero-order valence-corrected chi connectivity index (χ0v) is 18.2. The number of aromatic nitrogens is 2. The minimum Gasteiger partial charge on any atom is -0.388 e. The molecule has 0 unspecified atom stereocenters. The predicted molar refractivity (Wildman–Crippen MR) is 125 cm³/mol. The fraction of sp³-hybridized carbons (Fsp3) is 0.250. The molecule has 2 N–H and O–H groups in total. The predicted octanol–water partition coefficient (Wildman–Crippen LogP) is 3.23. The van der Waals surface area contributed by atoms with E-state index in [0.717, 1.165) is 22.6 Å². The Morgan fingerprint density at radius 3 is 2.09 bits per heavy atom. The van der Waals surface area contributed by atoms with Crippen LogP contribution in [0.25, 0.3) is 11.3 Å². The van der Waals surface area contributed by atoms with Crippen molar-refractivity contribution in [2.75, 3.05) is 43.9 Å². The molecule has 4 rings (SSSR count). The van der Waals surface area contributed by atoms with Crippen molar-refractivity contribution < 1.29 is 9.59 Å². The summed E-state index contributed by atoms with van der Waals surface area (Å²) in [6, 6.07) is 17.2. The van der Waals surface area contributed by atoms with E-state index in [-0.39, 0.29) is 11.8 Å². The minimum absolute atomic E-state index is 0.0250. The smallest absolute Gasteiger partial charge is 0.253 e. The zero-order valence-electron chi connectivity index (χ0n) is 18.2. The third-order valence-corrected chi connectivity index (χ3v) is 5.53. The van der Waals surface area contributed by atoms with Crippen LogP contribution in [0.5, 0.6) is 0 Å². The van der Waals surface area contributed by atoms with Crippen LogP contribution in [-0.4, -0.2) is 64.8 Å². The second-order valence-electron chi connectivity index (χ2n) is 7.59. The molecule has 1 saturated heterocycles. The molecule has 3 aromatic rings. The summed E-state index contributed by atoms with van der Waals surface area (Å²) in [6.45, 7) is 3.81. The average molecular weight is 431 g/mol. The first-order valence-corrected chi connectivity index (χ1v) is 10.6. The van der Waals surface area contributed by atoms with Crippen LogP contribution in [0.2, 0.25) is 0 Å². The van der Waals surface area contributed by atoms with Crippen LogP contribution in [0.1, 0.15) is 17.3 Å². The maximum atomic E-state index is 12.8. The molecule has 0 saturated carbocycles. The van der Waals surface area contributed by atoms with Gasteiger partial charge in [0.2, 0.25) is 11.9 Å². The lowest BCUT2D eigenvalue weighted by molar-refractivity contribution is -0.130. The Bertz CT molecular complexity index is 1090. The van der Waals surface area contributed by atoms with Gasteiger partial charge in [-0.05, 0) is 42.5 Å². The lowest BCUT2D eigenvalue weighted by Crippen LogP contribution is -2.50. The number of rotatable bonds is 5. The lowest BCUT2D eigenvalue weighted by Gasteiger charge is -2.34. The summed E-state index contributed by atoms with van der Waals surface area (Å²) in [6.07, 6.45) is 1.72. The van der Waals surface area contributed by atoms with E-state index < -0.39 is 0 Å². The molecular weight excluding hydrogens is 404 g/mol. The first kappa shape index (κ1) is 21.3. The summed E-state index contributed by atoms with van der Waals surface area (Å²) >= 11 is 0. The normalized spacial score (nSPS) is 13.6. The lowest BCUT2D eigenvalue weighted by atomic mass is 10.1. The topological polar surface area (TPSA) is 90.5 Å². The van der Waals surface area contributed by atoms with Crippen molar-refractivity contribution in [3.05, 3.63) is 66.4 Å². The van der Waals surface area contributed by atoms with Gasteiger partial charge >= 0.3 is 0 Å². The van der Waals surface area contributed by atoms with Crippen molar-refractivity contribution in [1.29, 1.82) is 0 Å². The Kier molecular flexibility index (Phi) is 6.30. The van der Waals surface area contributed by atoms with E-state index in [9.17, 15) is 9.59 Å². The summed E-state index contributed by atoms with van der Waals surface area (Å²) < 4.78 is 0. The fourth-order valence-corrected chi connectivity index (χ4v) is 3.62. The summed E-state index contributed by atoms with van der Waals surface area (Å²) in [5, 5.41) is 6.30. The second-order valence-corrected chi connectivity index (χ2v) is 7.59. The quantitative estimate of drug-likeness (QED) is 0.646. The Hall–Kier alpha value is -3.94. The molecule has 0 bridgehead atoms. The van der Waals surface area contributed by atoms with Gasteiger partial charge in [0, 0.05) is 68.8 Å². The largest absolute Gasteiger partial charge is 0.388 e. The van der Waals surface area contributed by atoms with Crippen LogP contribution in [0.15, 0.2) is 60.8 Å². The number of carbonyl (C=O) groups excluding carboxylic acids is 2. The van der Waals surface area contributed by atoms with Crippen molar-refractivity contribution in [2.24, 2.45) is 0 Å². The molecule has 2 heterocycles. The molecule has 0 atom stereocenters. The van der Waals surface area contributed by atoms with Crippen LogP contribution in [0, 0.1) is 0 Å². The highest BCUT2D eigenvalue weighted by Gasteiger charge is 2.23. The maximum absolute atomic E-state index is 12.8. The summed E-state index contributed by atoms with van der Waals surface area (Å²) in [5.74, 6) is 0.511. The Morgan fingerprint density at radius 1 is 0.844 bits per heavy atom. The highest BCUT2D eigenvalue weighted by atomic mass is 16.2. The first-order chi connectivity index (χ1) is 15.5. The number of hydrogen-bond donors (Lipinski definition) is 2. The molecular formula is C24H26N6O2. The monoisotopic (exact) mass is 430 g/mol. The molecule has 1 aliphatic rings. The van der Waals surface area contributed by atoms with Gasteiger partial charge < -0.3 is 20.4 Å². The van der Waals surface area contributed by atoms with Crippen molar-refractivity contribution in [2.45, 2.75) is 6.92 Å². The Labute approximate surface area is 187 Å². The van der Waals surface area contributed by atoms with Crippen LogP contribution in [0.4, 0.5) is 17.3 Å². The van der Waals surface area contributed by atoms with Gasteiger partial charge in [0.15, 0.2) is 0 Å². The third kappa shape index (κ3) is 4.85. The van der Waals surface area contributed by atoms with Crippen LogP contribution in [0.3, 0.4) is 0 Å². The molecule has 0 spiro atoms. The van der Waals surface area contributed by atoms with E-state index in [1.54, 1.807) is 35.1 Å². The summed E-state index contributed by atoms with van der Waals surface area (Å²) in [5.41, 5.74) is 4.27. The van der Waals surface area contributed by atoms with Crippen molar-refractivity contribution in [1.82, 2.24) is 19.8 Å². The van der Waals surface area contributed by atoms with Gasteiger partial charge in [-0.25, -0.2) is 9.97 Å². The van der Waals surface area contributed by atoms with E-state index in [1.165, 1.54) is 0 Å². The van der Waals surface area contributed by atoms with E-state index in [4.69, 9.17) is 0 Å². The SMILES string of the molecule is CNc1ccc(-c2ccnc(Nc3ccc(C(=O)N4CCN(C(C)=O)CC4)cc3)n2)cc1. The van der Waals surface area contributed by atoms with Gasteiger partial charge in [-0.2, -0.15) is 0 Å². The number of benzene rings is 2. The number of anilines is 3. The molecule has 1 aromatic heterocycles. The minimum atomic E-state index is -0.0250. The van der Waals surface area contributed by atoms with E-state index in [2.05, 4.69) is 20.6 Å². The van der Waals surface area contributed by atoms with Crippen LogP contribution in [-0.2, 0) is 4.79 Å².